The lowest BCUT2D eigenvalue weighted by atomic mass is 10.2. The van der Waals surface area contributed by atoms with Crippen LogP contribution < -0.4 is 10.6 Å². The molecule has 2 N–H and O–H groups in total. The fourth-order valence-corrected chi connectivity index (χ4v) is 3.17. The summed E-state index contributed by atoms with van der Waals surface area (Å²) in [4.78, 5) is 21.1. The van der Waals surface area contributed by atoms with Crippen LogP contribution >= 0.6 is 0 Å². The van der Waals surface area contributed by atoms with Crippen molar-refractivity contribution in [3.8, 4) is 0 Å². The Labute approximate surface area is 163 Å². The van der Waals surface area contributed by atoms with Gasteiger partial charge in [0, 0.05) is 42.9 Å². The third kappa shape index (κ3) is 4.01. The molecule has 0 fully saturated rings. The van der Waals surface area contributed by atoms with Gasteiger partial charge in [0.15, 0.2) is 0 Å². The lowest BCUT2D eigenvalue weighted by Gasteiger charge is -2.12. The molecule has 0 bridgehead atoms. The van der Waals surface area contributed by atoms with Gasteiger partial charge in [0.2, 0.25) is 5.95 Å². The van der Waals surface area contributed by atoms with Gasteiger partial charge in [-0.05, 0) is 23.8 Å². The second-order valence-electron chi connectivity index (χ2n) is 6.42. The summed E-state index contributed by atoms with van der Waals surface area (Å²) in [5.74, 6) is 0.456. The number of carbonyl (C=O) groups is 1. The molecule has 0 aliphatic rings. The molecule has 2 heterocycles. The van der Waals surface area contributed by atoms with Gasteiger partial charge >= 0.3 is 0 Å². The number of carbonyl (C=O) groups excluding carboxylic acids is 1. The number of nitrogens with one attached hydrogen (secondary N) is 2. The maximum atomic E-state index is 12.8. The van der Waals surface area contributed by atoms with Crippen molar-refractivity contribution in [1.29, 1.82) is 0 Å². The summed E-state index contributed by atoms with van der Waals surface area (Å²) in [6.45, 7) is 1.67. The van der Waals surface area contributed by atoms with E-state index in [1.54, 1.807) is 18.5 Å². The molecule has 4 aromatic rings. The molecule has 0 aliphatic carbocycles. The SMILES string of the molecule is O=C(NCCNc1ncccn1)c1cc2ccccc2n1Cc1ccccc1. The molecule has 0 saturated heterocycles. The van der Waals surface area contributed by atoms with Gasteiger partial charge in [0.05, 0.1) is 0 Å². The summed E-state index contributed by atoms with van der Waals surface area (Å²) in [5.41, 5.74) is 2.86. The molecule has 2 aromatic heterocycles. The summed E-state index contributed by atoms with van der Waals surface area (Å²) in [5, 5.41) is 7.12. The average molecular weight is 371 g/mol. The minimum Gasteiger partial charge on any atom is -0.352 e. The van der Waals surface area contributed by atoms with E-state index < -0.39 is 0 Å². The normalized spacial score (nSPS) is 10.7. The molecule has 2 aromatic carbocycles. The Morgan fingerprint density at radius 2 is 1.64 bits per heavy atom. The van der Waals surface area contributed by atoms with Crippen LogP contribution in [-0.2, 0) is 6.54 Å². The van der Waals surface area contributed by atoms with Crippen LogP contribution in [0.5, 0.6) is 0 Å². The molecule has 28 heavy (non-hydrogen) atoms. The Morgan fingerprint density at radius 3 is 2.46 bits per heavy atom. The second kappa shape index (κ2) is 8.35. The number of anilines is 1. The zero-order valence-electron chi connectivity index (χ0n) is 15.4. The predicted octanol–water partition coefficient (Wildman–Crippen LogP) is 3.32. The first-order valence-corrected chi connectivity index (χ1v) is 9.22. The molecule has 0 spiro atoms. The highest BCUT2D eigenvalue weighted by atomic mass is 16.1. The number of para-hydroxylation sites is 1. The third-order valence-corrected chi connectivity index (χ3v) is 4.49. The Bertz CT molecular complexity index is 1060. The van der Waals surface area contributed by atoms with Crippen molar-refractivity contribution < 1.29 is 4.79 Å². The van der Waals surface area contributed by atoms with E-state index in [-0.39, 0.29) is 5.91 Å². The van der Waals surface area contributed by atoms with Crippen molar-refractivity contribution in [2.24, 2.45) is 0 Å². The zero-order chi connectivity index (χ0) is 19.2. The molecular weight excluding hydrogens is 350 g/mol. The van der Waals surface area contributed by atoms with Gasteiger partial charge in [-0.25, -0.2) is 9.97 Å². The molecule has 0 unspecified atom stereocenters. The van der Waals surface area contributed by atoms with E-state index in [1.165, 1.54) is 0 Å². The molecule has 0 aliphatic heterocycles. The van der Waals surface area contributed by atoms with Gasteiger partial charge in [-0.3, -0.25) is 4.79 Å². The van der Waals surface area contributed by atoms with Gasteiger partial charge in [-0.1, -0.05) is 48.5 Å². The van der Waals surface area contributed by atoms with E-state index >= 15 is 0 Å². The Kier molecular flexibility index (Phi) is 5.29. The van der Waals surface area contributed by atoms with Gasteiger partial charge in [0.1, 0.15) is 5.69 Å². The second-order valence-corrected chi connectivity index (χ2v) is 6.42. The summed E-state index contributed by atoms with van der Waals surface area (Å²) in [7, 11) is 0. The molecule has 4 rings (SSSR count). The number of rotatable bonds is 7. The summed E-state index contributed by atoms with van der Waals surface area (Å²) >= 11 is 0. The highest BCUT2D eigenvalue weighted by molar-refractivity contribution is 5.98. The smallest absolute Gasteiger partial charge is 0.268 e. The fraction of sp³-hybridized carbons (Fsp3) is 0.136. The van der Waals surface area contributed by atoms with Crippen molar-refractivity contribution >= 4 is 22.8 Å². The van der Waals surface area contributed by atoms with Crippen LogP contribution in [0.25, 0.3) is 10.9 Å². The fourth-order valence-electron chi connectivity index (χ4n) is 3.17. The topological polar surface area (TPSA) is 71.8 Å². The van der Waals surface area contributed by atoms with E-state index in [0.29, 0.717) is 31.3 Å². The molecule has 0 radical (unpaired) electrons. The molecule has 1 amide bonds. The molecule has 140 valence electrons. The third-order valence-electron chi connectivity index (χ3n) is 4.49. The minimum atomic E-state index is -0.0945. The lowest BCUT2D eigenvalue weighted by molar-refractivity contribution is 0.0947. The largest absolute Gasteiger partial charge is 0.352 e. The first-order valence-electron chi connectivity index (χ1n) is 9.22. The van der Waals surface area contributed by atoms with Gasteiger partial charge in [-0.2, -0.15) is 0 Å². The van der Waals surface area contributed by atoms with Crippen molar-refractivity contribution in [2.45, 2.75) is 6.54 Å². The van der Waals surface area contributed by atoms with Crippen molar-refractivity contribution in [1.82, 2.24) is 19.9 Å². The lowest BCUT2D eigenvalue weighted by Crippen LogP contribution is -2.30. The van der Waals surface area contributed by atoms with Gasteiger partial charge in [-0.15, -0.1) is 0 Å². The van der Waals surface area contributed by atoms with E-state index in [4.69, 9.17) is 0 Å². The average Bonchev–Trinajstić information content (AvgIpc) is 3.11. The predicted molar refractivity (Wildman–Crippen MR) is 110 cm³/mol. The highest BCUT2D eigenvalue weighted by Gasteiger charge is 2.15. The number of nitrogens with zero attached hydrogens (tertiary/aromatic N) is 3. The monoisotopic (exact) mass is 371 g/mol. The van der Waals surface area contributed by atoms with Crippen LogP contribution in [0, 0.1) is 0 Å². The molecular formula is C22H21N5O. The number of fused-ring (bicyclic) bond motifs is 1. The van der Waals surface area contributed by atoms with E-state index in [9.17, 15) is 4.79 Å². The molecule has 6 nitrogen and oxygen atoms in total. The summed E-state index contributed by atoms with van der Waals surface area (Å²) < 4.78 is 2.06. The van der Waals surface area contributed by atoms with Crippen molar-refractivity contribution in [2.75, 3.05) is 18.4 Å². The van der Waals surface area contributed by atoms with Crippen LogP contribution in [0.4, 0.5) is 5.95 Å². The van der Waals surface area contributed by atoms with E-state index in [2.05, 4.69) is 37.3 Å². The quantitative estimate of drug-likeness (QED) is 0.489. The van der Waals surface area contributed by atoms with Gasteiger partial charge < -0.3 is 15.2 Å². The number of benzene rings is 2. The first-order chi connectivity index (χ1) is 13.8. The maximum Gasteiger partial charge on any atom is 0.268 e. The van der Waals surface area contributed by atoms with Gasteiger partial charge in [0.25, 0.3) is 5.91 Å². The highest BCUT2D eigenvalue weighted by Crippen LogP contribution is 2.21. The Hall–Kier alpha value is -3.67. The summed E-state index contributed by atoms with van der Waals surface area (Å²) in [6, 6.07) is 21.9. The summed E-state index contributed by atoms with van der Waals surface area (Å²) in [6.07, 6.45) is 3.35. The standard InChI is InChI=1S/C22H21N5O/c28-21(23-13-14-26-22-24-11-6-12-25-22)20-15-18-9-4-5-10-19(18)27(20)16-17-7-2-1-3-8-17/h1-12,15H,13-14,16H2,(H,23,28)(H,24,25,26). The minimum absolute atomic E-state index is 0.0945. The number of amides is 1. The molecule has 6 heteroatoms. The molecule has 0 atom stereocenters. The van der Waals surface area contributed by atoms with Crippen molar-refractivity contribution in [3.05, 3.63) is 90.4 Å². The van der Waals surface area contributed by atoms with E-state index in [1.807, 2.05) is 48.5 Å². The van der Waals surface area contributed by atoms with Crippen LogP contribution in [0.1, 0.15) is 16.1 Å². The Morgan fingerprint density at radius 1 is 0.893 bits per heavy atom. The zero-order valence-corrected chi connectivity index (χ0v) is 15.4. The van der Waals surface area contributed by atoms with Crippen LogP contribution in [0.2, 0.25) is 0 Å². The number of hydrogen-bond acceptors (Lipinski definition) is 4. The van der Waals surface area contributed by atoms with Crippen molar-refractivity contribution in [3.63, 3.8) is 0 Å². The Balaban J connectivity index is 1.49. The van der Waals surface area contributed by atoms with Crippen LogP contribution in [0.15, 0.2) is 79.1 Å². The first kappa shape index (κ1) is 17.7. The number of aromatic nitrogens is 3. The van der Waals surface area contributed by atoms with Crippen LogP contribution in [-0.4, -0.2) is 33.5 Å². The maximum absolute atomic E-state index is 12.8. The number of hydrogen-bond donors (Lipinski definition) is 2. The van der Waals surface area contributed by atoms with E-state index in [0.717, 1.165) is 16.5 Å². The van der Waals surface area contributed by atoms with Crippen LogP contribution in [0.3, 0.4) is 0 Å². The molecule has 0 saturated carbocycles.